The topological polar surface area (TPSA) is 6.48 Å². The van der Waals surface area contributed by atoms with Crippen LogP contribution in [0.4, 0.5) is 0 Å². The van der Waals surface area contributed by atoms with E-state index in [2.05, 4.69) is 37.6 Å². The van der Waals surface area contributed by atoms with Crippen molar-refractivity contribution >= 4 is 0 Å². The number of likely N-dealkylation sites (tertiary alicyclic amines) is 2. The highest BCUT2D eigenvalue weighted by atomic mass is 15.4. The van der Waals surface area contributed by atoms with Crippen LogP contribution in [0.5, 0.6) is 0 Å². The lowest BCUT2D eigenvalue weighted by atomic mass is 9.94. The van der Waals surface area contributed by atoms with E-state index >= 15 is 0 Å². The Bertz CT molecular complexity index is 223. The number of hydrogen-bond donors (Lipinski definition) is 0. The zero-order chi connectivity index (χ0) is 11.1. The second-order valence-electron chi connectivity index (χ2n) is 6.05. The zero-order valence-electron chi connectivity index (χ0n) is 10.8. The first kappa shape index (κ1) is 11.4. The maximum absolute atomic E-state index is 2.77. The lowest BCUT2D eigenvalue weighted by Gasteiger charge is -2.43. The molecule has 0 N–H and O–H groups in total. The average Bonchev–Trinajstić information content (AvgIpc) is 2.73. The highest BCUT2D eigenvalue weighted by molar-refractivity contribution is 5.03. The summed E-state index contributed by atoms with van der Waals surface area (Å²) in [5, 5.41) is 0. The summed E-state index contributed by atoms with van der Waals surface area (Å²) in [6, 6.07) is 1.68. The van der Waals surface area contributed by atoms with Crippen molar-refractivity contribution in [3.8, 4) is 0 Å². The van der Waals surface area contributed by atoms with Crippen LogP contribution < -0.4 is 0 Å². The van der Waals surface area contributed by atoms with Crippen molar-refractivity contribution in [2.24, 2.45) is 0 Å². The maximum atomic E-state index is 2.77. The Kier molecular flexibility index (Phi) is 3.09. The van der Waals surface area contributed by atoms with Crippen LogP contribution in [0.1, 0.15) is 46.5 Å². The molecule has 0 radical (unpaired) electrons. The quantitative estimate of drug-likeness (QED) is 0.703. The number of piperazine rings is 1. The molecule has 88 valence electrons. The molecule has 0 amide bonds. The molecule has 2 aliphatic rings. The fraction of sp³-hybridized carbons (Fsp3) is 1.00. The number of fused-ring (bicyclic) bond motifs is 2. The first-order chi connectivity index (χ1) is 7.04. The molecule has 2 aliphatic heterocycles. The second kappa shape index (κ2) is 4.06. The van der Waals surface area contributed by atoms with Gasteiger partial charge in [-0.05, 0) is 33.7 Å². The number of rotatable bonds is 4. The minimum Gasteiger partial charge on any atom is -0.301 e. The second-order valence-corrected chi connectivity index (χ2v) is 6.05. The first-order valence-electron chi connectivity index (χ1n) is 6.51. The fourth-order valence-corrected chi connectivity index (χ4v) is 3.36. The molecule has 0 saturated carbocycles. The van der Waals surface area contributed by atoms with Gasteiger partial charge in [-0.15, -0.1) is 0 Å². The van der Waals surface area contributed by atoms with Gasteiger partial charge >= 0.3 is 0 Å². The van der Waals surface area contributed by atoms with Crippen LogP contribution >= 0.6 is 0 Å². The molecule has 0 aromatic heterocycles. The Balaban J connectivity index is 1.95. The Hall–Kier alpha value is -0.0800. The van der Waals surface area contributed by atoms with Crippen LogP contribution in [0.15, 0.2) is 0 Å². The van der Waals surface area contributed by atoms with Gasteiger partial charge in [-0.25, -0.2) is 0 Å². The zero-order valence-corrected chi connectivity index (χ0v) is 10.8. The largest absolute Gasteiger partial charge is 0.301 e. The van der Waals surface area contributed by atoms with Gasteiger partial charge in [0.1, 0.15) is 0 Å². The normalized spacial score (nSPS) is 32.8. The minimum absolute atomic E-state index is 0.427. The molecule has 2 atom stereocenters. The molecule has 0 aromatic rings. The van der Waals surface area contributed by atoms with Gasteiger partial charge in [-0.3, -0.25) is 4.90 Å². The van der Waals surface area contributed by atoms with Crippen LogP contribution in [-0.4, -0.2) is 47.6 Å². The van der Waals surface area contributed by atoms with Crippen LogP contribution in [0.25, 0.3) is 0 Å². The number of hydrogen-bond acceptors (Lipinski definition) is 2. The van der Waals surface area contributed by atoms with Crippen molar-refractivity contribution in [1.82, 2.24) is 9.80 Å². The van der Waals surface area contributed by atoms with E-state index in [1.165, 1.54) is 38.8 Å². The number of nitrogens with zero attached hydrogens (tertiary/aromatic N) is 2. The molecular formula is C13H26N2. The summed E-state index contributed by atoms with van der Waals surface area (Å²) in [7, 11) is 2.28. The van der Waals surface area contributed by atoms with Gasteiger partial charge < -0.3 is 4.90 Å². The van der Waals surface area contributed by atoms with Crippen molar-refractivity contribution in [3.05, 3.63) is 0 Å². The van der Waals surface area contributed by atoms with E-state index in [0.29, 0.717) is 5.54 Å². The third-order valence-corrected chi connectivity index (χ3v) is 4.43. The summed E-state index contributed by atoms with van der Waals surface area (Å²) in [4.78, 5) is 5.31. The van der Waals surface area contributed by atoms with E-state index in [-0.39, 0.29) is 0 Å². The molecule has 0 spiro atoms. The molecule has 0 unspecified atom stereocenters. The molecule has 2 heteroatoms. The first-order valence-corrected chi connectivity index (χ1v) is 6.51. The summed E-state index contributed by atoms with van der Waals surface area (Å²) < 4.78 is 0. The van der Waals surface area contributed by atoms with Crippen molar-refractivity contribution in [1.29, 1.82) is 0 Å². The van der Waals surface area contributed by atoms with E-state index in [9.17, 15) is 0 Å². The van der Waals surface area contributed by atoms with Crippen LogP contribution in [0.2, 0.25) is 0 Å². The molecule has 2 heterocycles. The third kappa shape index (κ3) is 2.07. The Labute approximate surface area is 94.6 Å². The van der Waals surface area contributed by atoms with Gasteiger partial charge in [0.2, 0.25) is 0 Å². The molecule has 2 fully saturated rings. The monoisotopic (exact) mass is 210 g/mol. The molecule has 2 bridgehead atoms. The van der Waals surface area contributed by atoms with Gasteiger partial charge in [0.05, 0.1) is 0 Å². The Morgan fingerprint density at radius 2 is 1.93 bits per heavy atom. The number of likely N-dealkylation sites (N-methyl/N-ethyl adjacent to an activating group) is 1. The summed E-state index contributed by atoms with van der Waals surface area (Å²) >= 11 is 0. The maximum Gasteiger partial charge on any atom is 0.0244 e. The van der Waals surface area contributed by atoms with Crippen LogP contribution in [0, 0.1) is 0 Å². The average molecular weight is 210 g/mol. The molecule has 0 aromatic carbocycles. The van der Waals surface area contributed by atoms with E-state index < -0.39 is 0 Å². The van der Waals surface area contributed by atoms with Gasteiger partial charge in [-0.1, -0.05) is 19.8 Å². The van der Waals surface area contributed by atoms with Crippen molar-refractivity contribution in [2.45, 2.75) is 64.1 Å². The smallest absolute Gasteiger partial charge is 0.0244 e. The van der Waals surface area contributed by atoms with Gasteiger partial charge in [0, 0.05) is 30.7 Å². The van der Waals surface area contributed by atoms with Crippen molar-refractivity contribution in [3.63, 3.8) is 0 Å². The molecule has 2 saturated heterocycles. The SMILES string of the molecule is CCCCC(C)(C)N1C[C@@H]2C[C@H]1CN2C. The van der Waals surface area contributed by atoms with E-state index in [0.717, 1.165) is 12.1 Å². The summed E-state index contributed by atoms with van der Waals surface area (Å²) in [6.07, 6.45) is 5.46. The summed E-state index contributed by atoms with van der Waals surface area (Å²) in [5.41, 5.74) is 0.427. The van der Waals surface area contributed by atoms with Gasteiger partial charge in [-0.2, -0.15) is 0 Å². The minimum atomic E-state index is 0.427. The molecular weight excluding hydrogens is 184 g/mol. The van der Waals surface area contributed by atoms with Gasteiger partial charge in [0.25, 0.3) is 0 Å². The lowest BCUT2D eigenvalue weighted by Crippen LogP contribution is -2.53. The Morgan fingerprint density at radius 3 is 2.40 bits per heavy atom. The predicted molar refractivity (Wildman–Crippen MR) is 65.1 cm³/mol. The fourth-order valence-electron chi connectivity index (χ4n) is 3.36. The summed E-state index contributed by atoms with van der Waals surface area (Å²) in [5.74, 6) is 0. The molecule has 2 nitrogen and oxygen atoms in total. The van der Waals surface area contributed by atoms with Crippen LogP contribution in [-0.2, 0) is 0 Å². The van der Waals surface area contributed by atoms with Gasteiger partial charge in [0.15, 0.2) is 0 Å². The third-order valence-electron chi connectivity index (χ3n) is 4.43. The molecule has 0 aliphatic carbocycles. The Morgan fingerprint density at radius 1 is 1.20 bits per heavy atom. The predicted octanol–water partition coefficient (Wildman–Crippen LogP) is 2.34. The highest BCUT2D eigenvalue weighted by Gasteiger charge is 2.46. The molecule has 2 rings (SSSR count). The van der Waals surface area contributed by atoms with E-state index in [1.54, 1.807) is 0 Å². The van der Waals surface area contributed by atoms with E-state index in [1.807, 2.05) is 0 Å². The van der Waals surface area contributed by atoms with Crippen molar-refractivity contribution < 1.29 is 0 Å². The summed E-state index contributed by atoms with van der Waals surface area (Å²) in [6.45, 7) is 9.75. The van der Waals surface area contributed by atoms with Crippen molar-refractivity contribution in [2.75, 3.05) is 20.1 Å². The highest BCUT2D eigenvalue weighted by Crippen LogP contribution is 2.36. The van der Waals surface area contributed by atoms with Crippen LogP contribution in [0.3, 0.4) is 0 Å². The lowest BCUT2D eigenvalue weighted by molar-refractivity contribution is 0.0494. The molecule has 15 heavy (non-hydrogen) atoms. The van der Waals surface area contributed by atoms with E-state index in [4.69, 9.17) is 0 Å². The standard InChI is InChI=1S/C13H26N2/c1-5-6-7-13(2,3)15-10-11-8-12(15)9-14(11)4/h11-12H,5-10H2,1-4H3/t11-,12-/m0/s1. The number of unbranched alkanes of at least 4 members (excludes halogenated alkanes) is 1.